The Balaban J connectivity index is 0.866. The van der Waals surface area contributed by atoms with Crippen LogP contribution in [0, 0.1) is 17.9 Å². The van der Waals surface area contributed by atoms with Crippen molar-refractivity contribution in [3.8, 4) is 39.7 Å². The predicted molar refractivity (Wildman–Crippen MR) is 345 cm³/mol. The summed E-state index contributed by atoms with van der Waals surface area (Å²) in [6.45, 7) is 7.90. The van der Waals surface area contributed by atoms with Crippen LogP contribution in [0.4, 0.5) is 51.2 Å². The molecule has 0 saturated heterocycles. The van der Waals surface area contributed by atoms with Crippen molar-refractivity contribution in [2.45, 2.75) is 0 Å². The maximum Gasteiger partial charge on any atom is 0.252 e. The zero-order valence-corrected chi connectivity index (χ0v) is 44.6. The van der Waals surface area contributed by atoms with Crippen molar-refractivity contribution in [2.75, 3.05) is 15.1 Å². The summed E-state index contributed by atoms with van der Waals surface area (Å²) in [5, 5.41) is 18.6. The van der Waals surface area contributed by atoms with E-state index in [0.717, 1.165) is 106 Å². The lowest BCUT2D eigenvalue weighted by molar-refractivity contribution is 1.17. The van der Waals surface area contributed by atoms with E-state index < -0.39 is 0 Å². The minimum absolute atomic E-state index is 0.0613. The molecule has 0 aliphatic carbocycles. The molecule has 380 valence electrons. The highest BCUT2D eigenvalue weighted by Crippen LogP contribution is 2.49. The zero-order valence-electron chi connectivity index (χ0n) is 44.6. The molecule has 0 unspecified atom stereocenters. The fourth-order valence-corrected chi connectivity index (χ4v) is 14.6. The number of benzene rings is 12. The summed E-state index contributed by atoms with van der Waals surface area (Å²) < 4.78 is 4.75. The molecular formula is C74H43B2N7. The topological polar surface area (TPSA) is 56.5 Å². The molecule has 4 aliphatic rings. The van der Waals surface area contributed by atoms with Gasteiger partial charge in [0.15, 0.2) is 5.69 Å². The largest absolute Gasteiger partial charge is 0.356 e. The Morgan fingerprint density at radius 3 is 1.52 bits per heavy atom. The van der Waals surface area contributed by atoms with Crippen molar-refractivity contribution in [1.29, 1.82) is 5.26 Å². The van der Waals surface area contributed by atoms with Crippen LogP contribution in [0.5, 0.6) is 0 Å². The quantitative estimate of drug-likeness (QED) is 0.138. The minimum Gasteiger partial charge on any atom is -0.356 e. The molecule has 1 N–H and O–H groups in total. The van der Waals surface area contributed by atoms with E-state index in [-0.39, 0.29) is 13.4 Å². The van der Waals surface area contributed by atoms with Crippen LogP contribution in [0.3, 0.4) is 0 Å². The molecular weight excluding hydrogens is 1010 g/mol. The number of rotatable bonds is 5. The first-order chi connectivity index (χ1) is 41.1. The first kappa shape index (κ1) is 45.6. The molecule has 0 fully saturated rings. The van der Waals surface area contributed by atoms with E-state index in [0.29, 0.717) is 11.3 Å². The Morgan fingerprint density at radius 2 is 0.892 bits per heavy atom. The third-order valence-corrected chi connectivity index (χ3v) is 18.1. The molecule has 2 aromatic heterocycles. The molecule has 0 atom stereocenters. The normalized spacial score (nSPS) is 13.0. The zero-order chi connectivity index (χ0) is 54.6. The summed E-state index contributed by atoms with van der Waals surface area (Å²) in [4.78, 5) is 8.97. The van der Waals surface area contributed by atoms with Crippen LogP contribution in [0.15, 0.2) is 255 Å². The van der Waals surface area contributed by atoms with Gasteiger partial charge < -0.3 is 24.3 Å². The highest BCUT2D eigenvalue weighted by Gasteiger charge is 2.50. The first-order valence-electron chi connectivity index (χ1n) is 28.2. The number of nitriles is 1. The molecule has 6 heterocycles. The van der Waals surface area contributed by atoms with E-state index >= 15 is 0 Å². The first-order valence-corrected chi connectivity index (χ1v) is 28.2. The van der Waals surface area contributed by atoms with Crippen LogP contribution in [0.1, 0.15) is 5.56 Å². The third kappa shape index (κ3) is 6.39. The van der Waals surface area contributed by atoms with Gasteiger partial charge in [-0.05, 0) is 170 Å². The number of nitrogens with zero attached hydrogens (tertiary/aromatic N) is 6. The second-order valence-electron chi connectivity index (χ2n) is 22.3. The van der Waals surface area contributed by atoms with Gasteiger partial charge in [-0.3, -0.25) is 0 Å². The summed E-state index contributed by atoms with van der Waals surface area (Å²) in [5.41, 5.74) is 28.8. The Hall–Kier alpha value is -11.3. The van der Waals surface area contributed by atoms with Gasteiger partial charge in [0.25, 0.3) is 13.4 Å². The summed E-state index contributed by atoms with van der Waals surface area (Å²) >= 11 is 0. The summed E-state index contributed by atoms with van der Waals surface area (Å²) in [6, 6.07) is 94.6. The highest BCUT2D eigenvalue weighted by molar-refractivity contribution is 7.04. The van der Waals surface area contributed by atoms with Gasteiger partial charge in [-0.15, -0.1) is 0 Å². The van der Waals surface area contributed by atoms with E-state index in [1.165, 1.54) is 49.8 Å². The number of fused-ring (bicyclic) bond motifs is 16. The molecule has 0 spiro atoms. The fraction of sp³-hybridized carbons (Fsp3) is 0. The molecule has 0 saturated carbocycles. The van der Waals surface area contributed by atoms with E-state index in [1.807, 2.05) is 18.2 Å². The number of hydrogen-bond donors (Lipinski definition) is 1. The molecule has 83 heavy (non-hydrogen) atoms. The van der Waals surface area contributed by atoms with Gasteiger partial charge in [-0.1, -0.05) is 146 Å². The average Bonchev–Trinajstić information content (AvgIpc) is 2.26. The van der Waals surface area contributed by atoms with Crippen LogP contribution < -0.4 is 47.9 Å². The maximum absolute atomic E-state index is 10.2. The summed E-state index contributed by atoms with van der Waals surface area (Å²) in [7, 11) is 0. The molecule has 12 aromatic carbocycles. The molecule has 0 radical (unpaired) electrons. The Bertz CT molecular complexity index is 5230. The average molecular weight is 1050 g/mol. The molecule has 0 amide bonds. The smallest absolute Gasteiger partial charge is 0.252 e. The third-order valence-electron chi connectivity index (χ3n) is 18.1. The standard InChI is InChI=1S/C74H43B2N7/c1-78-50-28-36-67-57(40-50)56-39-49(47-17-7-3-8-18-47)27-35-66(56)82(67)53-30-32-61-70(42-53)80(51-19-9-4-10-20-51)71-43-63-72-74-73(71)76(61)60-22-12-14-24-69(60)83(74)68-23-13-11-21-59(68)75(72)58-31-29-52(41-62(58)79-63)81-64-33-25-45(44-77)37-54(64)55-38-48(26-34-65(55)81)46-15-5-2-6-16-46/h2-43,79H. The van der Waals surface area contributed by atoms with Gasteiger partial charge in [0.1, 0.15) is 0 Å². The van der Waals surface area contributed by atoms with Crippen LogP contribution in [-0.4, -0.2) is 22.6 Å². The lowest BCUT2D eigenvalue weighted by Crippen LogP contribution is -2.68. The second kappa shape index (κ2) is 17.1. The predicted octanol–water partition coefficient (Wildman–Crippen LogP) is 14.6. The Labute approximate surface area is 479 Å². The summed E-state index contributed by atoms with van der Waals surface area (Å²) in [6.07, 6.45) is 0. The van der Waals surface area contributed by atoms with E-state index in [1.54, 1.807) is 0 Å². The number of hydrogen-bond acceptors (Lipinski definition) is 4. The SMILES string of the molecule is [C-]#[N+]c1ccc2c(c1)c1cc(-c3ccccc3)ccc1n2-c1ccc2c(c1)N(c1ccccc1)c1cc3c4c5c1B2c1ccccc1N5c1ccccc1B4c1ccc(-n2c4ccc(C#N)cc4c4cc(-c5ccccc5)ccc42)cc1N3. The molecule has 0 bridgehead atoms. The summed E-state index contributed by atoms with van der Waals surface area (Å²) in [5.74, 6) is 0. The number of aromatic nitrogens is 2. The van der Waals surface area contributed by atoms with Gasteiger partial charge in [0.05, 0.1) is 40.3 Å². The van der Waals surface area contributed by atoms with Crippen molar-refractivity contribution in [1.82, 2.24) is 9.13 Å². The van der Waals surface area contributed by atoms with Crippen LogP contribution in [0.25, 0.3) is 82.1 Å². The van der Waals surface area contributed by atoms with Crippen LogP contribution in [0.2, 0.25) is 0 Å². The second-order valence-corrected chi connectivity index (χ2v) is 22.3. The molecule has 7 nitrogen and oxygen atoms in total. The molecule has 14 aromatic rings. The van der Waals surface area contributed by atoms with Gasteiger partial charge >= 0.3 is 0 Å². The van der Waals surface area contributed by atoms with E-state index in [4.69, 9.17) is 6.57 Å². The van der Waals surface area contributed by atoms with Crippen LogP contribution >= 0.6 is 0 Å². The lowest BCUT2D eigenvalue weighted by atomic mass is 9.29. The van der Waals surface area contributed by atoms with Crippen molar-refractivity contribution >= 4 is 141 Å². The molecule has 9 heteroatoms. The Kier molecular flexibility index (Phi) is 9.41. The highest BCUT2D eigenvalue weighted by atomic mass is 15.2. The number of para-hydroxylation sites is 3. The maximum atomic E-state index is 10.2. The van der Waals surface area contributed by atoms with Gasteiger partial charge in [0.2, 0.25) is 0 Å². The van der Waals surface area contributed by atoms with Crippen LogP contribution in [-0.2, 0) is 0 Å². The van der Waals surface area contributed by atoms with Crippen molar-refractivity contribution < 1.29 is 0 Å². The van der Waals surface area contributed by atoms with Crippen molar-refractivity contribution in [2.24, 2.45) is 0 Å². The Morgan fingerprint density at radius 1 is 0.373 bits per heavy atom. The van der Waals surface area contributed by atoms with Gasteiger partial charge in [-0.25, -0.2) is 4.85 Å². The van der Waals surface area contributed by atoms with E-state index in [2.05, 4.69) is 272 Å². The van der Waals surface area contributed by atoms with Crippen molar-refractivity contribution in [3.05, 3.63) is 272 Å². The fourth-order valence-electron chi connectivity index (χ4n) is 14.6. The van der Waals surface area contributed by atoms with Crippen molar-refractivity contribution in [3.63, 3.8) is 0 Å². The van der Waals surface area contributed by atoms with Gasteiger partial charge in [0, 0.05) is 73.0 Å². The monoisotopic (exact) mass is 1050 g/mol. The molecule has 4 aliphatic heterocycles. The molecule has 18 rings (SSSR count). The lowest BCUT2D eigenvalue weighted by Gasteiger charge is -2.49. The number of anilines is 8. The number of nitrogens with one attached hydrogen (secondary N) is 1. The van der Waals surface area contributed by atoms with E-state index in [9.17, 15) is 5.26 Å². The minimum atomic E-state index is -0.0801. The van der Waals surface area contributed by atoms with Gasteiger partial charge in [-0.2, -0.15) is 5.26 Å².